The van der Waals surface area contributed by atoms with E-state index in [1.54, 1.807) is 24.3 Å². The van der Waals surface area contributed by atoms with Crippen LogP contribution in [0.3, 0.4) is 0 Å². The van der Waals surface area contributed by atoms with Crippen molar-refractivity contribution in [1.82, 2.24) is 4.90 Å². The van der Waals surface area contributed by atoms with E-state index in [1.807, 2.05) is 0 Å². The SMILES string of the molecule is O=C1c2ccccc2C2=Nc3cccc[n+]3C(F)(F)N12. The number of rotatable bonds is 0. The average Bonchev–Trinajstić information content (AvgIpc) is 2.74. The zero-order chi connectivity index (χ0) is 13.9. The standard InChI is InChI=1S/C14H8F2N3O/c15-14(16)18-8-4-3-7-11(18)17-12-9-5-1-2-6-10(9)13(20)19(12)14/h1-8H/q+1. The maximum absolute atomic E-state index is 14.6. The van der Waals surface area contributed by atoms with Gasteiger partial charge in [0.1, 0.15) is 0 Å². The first kappa shape index (κ1) is 11.2. The number of alkyl halides is 2. The van der Waals surface area contributed by atoms with Gasteiger partial charge in [0.05, 0.1) is 17.3 Å². The molecule has 1 aromatic carbocycles. The van der Waals surface area contributed by atoms with Crippen LogP contribution in [0.5, 0.6) is 0 Å². The van der Waals surface area contributed by atoms with E-state index in [4.69, 9.17) is 0 Å². The zero-order valence-corrected chi connectivity index (χ0v) is 10.1. The number of carbonyl (C=O) groups is 1. The van der Waals surface area contributed by atoms with Gasteiger partial charge in [-0.05, 0) is 23.2 Å². The number of aliphatic imine (C=N–C) groups is 1. The van der Waals surface area contributed by atoms with Gasteiger partial charge in [0.15, 0.2) is 0 Å². The summed E-state index contributed by atoms with van der Waals surface area (Å²) in [5.41, 5.74) is 0.687. The smallest absolute Gasteiger partial charge is 0.268 e. The lowest BCUT2D eigenvalue weighted by atomic mass is 10.1. The van der Waals surface area contributed by atoms with Gasteiger partial charge >= 0.3 is 12.0 Å². The third-order valence-electron chi connectivity index (χ3n) is 3.43. The normalized spacial score (nSPS) is 18.2. The maximum Gasteiger partial charge on any atom is 0.502 e. The third-order valence-corrected chi connectivity index (χ3v) is 3.43. The van der Waals surface area contributed by atoms with Gasteiger partial charge in [-0.15, -0.1) is 13.3 Å². The quantitative estimate of drug-likeness (QED) is 0.534. The van der Waals surface area contributed by atoms with E-state index in [0.29, 0.717) is 15.0 Å². The van der Waals surface area contributed by atoms with Crippen molar-refractivity contribution in [2.75, 3.05) is 0 Å². The van der Waals surface area contributed by atoms with Crippen molar-refractivity contribution in [2.45, 2.75) is 6.17 Å². The Bertz CT molecular complexity index is 785. The molecule has 2 aliphatic heterocycles. The van der Waals surface area contributed by atoms with Crippen molar-refractivity contribution in [1.29, 1.82) is 0 Å². The summed E-state index contributed by atoms with van der Waals surface area (Å²) in [6.07, 6.45) is -2.25. The predicted octanol–water partition coefficient (Wildman–Crippen LogP) is 2.03. The molecule has 0 radical (unpaired) electrons. The maximum atomic E-state index is 14.6. The molecule has 4 nitrogen and oxygen atoms in total. The monoisotopic (exact) mass is 272 g/mol. The fourth-order valence-corrected chi connectivity index (χ4v) is 2.53. The number of benzene rings is 1. The highest BCUT2D eigenvalue weighted by Gasteiger charge is 2.59. The first-order valence-electron chi connectivity index (χ1n) is 6.02. The molecule has 2 aromatic rings. The third kappa shape index (κ3) is 1.20. The van der Waals surface area contributed by atoms with Gasteiger partial charge in [-0.2, -0.15) is 4.90 Å². The Kier molecular flexibility index (Phi) is 1.95. The lowest BCUT2D eigenvalue weighted by molar-refractivity contribution is -0.833. The molecule has 1 aromatic heterocycles. The first-order valence-corrected chi connectivity index (χ1v) is 6.02. The molecule has 0 saturated carbocycles. The van der Waals surface area contributed by atoms with Crippen molar-refractivity contribution < 1.29 is 18.1 Å². The minimum absolute atomic E-state index is 0.00167. The summed E-state index contributed by atoms with van der Waals surface area (Å²) < 4.78 is 29.8. The average molecular weight is 272 g/mol. The number of pyridine rings is 1. The Labute approximate surface area is 112 Å². The summed E-state index contributed by atoms with van der Waals surface area (Å²) in [5, 5.41) is 0. The number of carbonyl (C=O) groups excluding carboxylic acids is 1. The largest absolute Gasteiger partial charge is 0.502 e. The molecular weight excluding hydrogens is 264 g/mol. The molecule has 0 N–H and O–H groups in total. The van der Waals surface area contributed by atoms with Crippen LogP contribution < -0.4 is 4.57 Å². The molecule has 0 unspecified atom stereocenters. The zero-order valence-electron chi connectivity index (χ0n) is 10.1. The summed E-state index contributed by atoms with van der Waals surface area (Å²) in [4.78, 5) is 16.9. The molecule has 2 aliphatic rings. The van der Waals surface area contributed by atoms with Gasteiger partial charge in [-0.3, -0.25) is 4.79 Å². The molecule has 4 rings (SSSR count). The number of hydrogen-bond acceptors (Lipinski definition) is 2. The first-order chi connectivity index (χ1) is 9.60. The number of nitrogens with zero attached hydrogens (tertiary/aromatic N) is 3. The number of hydrogen-bond donors (Lipinski definition) is 0. The molecule has 0 aliphatic carbocycles. The van der Waals surface area contributed by atoms with Crippen LogP contribution in [-0.4, -0.2) is 16.6 Å². The molecular formula is C14H8F2N3O+. The fraction of sp³-hybridized carbons (Fsp3) is 0.0714. The van der Waals surface area contributed by atoms with Crippen molar-refractivity contribution in [3.63, 3.8) is 0 Å². The number of halogens is 2. The summed E-state index contributed by atoms with van der Waals surface area (Å²) in [7, 11) is 0. The highest BCUT2D eigenvalue weighted by molar-refractivity contribution is 6.24. The topological polar surface area (TPSA) is 36.6 Å². The highest BCUT2D eigenvalue weighted by Crippen LogP contribution is 2.36. The van der Waals surface area contributed by atoms with Crippen molar-refractivity contribution >= 4 is 17.6 Å². The molecule has 3 heterocycles. The second kappa shape index (κ2) is 3.47. The van der Waals surface area contributed by atoms with Gasteiger partial charge in [0, 0.05) is 6.07 Å². The Balaban J connectivity index is 2.05. The molecule has 98 valence electrons. The second-order valence-electron chi connectivity index (χ2n) is 4.56. The molecule has 0 saturated heterocycles. The van der Waals surface area contributed by atoms with Crippen LogP contribution in [0.25, 0.3) is 0 Å². The second-order valence-corrected chi connectivity index (χ2v) is 4.56. The Hall–Kier alpha value is -2.63. The highest BCUT2D eigenvalue weighted by atomic mass is 19.3. The Morgan fingerprint density at radius 1 is 1.05 bits per heavy atom. The van der Waals surface area contributed by atoms with E-state index in [0.717, 1.165) is 0 Å². The van der Waals surface area contributed by atoms with Gasteiger partial charge in [0.25, 0.3) is 11.7 Å². The summed E-state index contributed by atoms with van der Waals surface area (Å²) in [5.74, 6) is -0.610. The van der Waals surface area contributed by atoms with Crippen molar-refractivity contribution in [2.24, 2.45) is 4.99 Å². The Morgan fingerprint density at radius 3 is 2.55 bits per heavy atom. The summed E-state index contributed by atoms with van der Waals surface area (Å²) in [6.45, 7) is 0. The molecule has 0 spiro atoms. The fourth-order valence-electron chi connectivity index (χ4n) is 2.53. The van der Waals surface area contributed by atoms with E-state index in [-0.39, 0.29) is 17.2 Å². The van der Waals surface area contributed by atoms with Crippen LogP contribution in [0, 0.1) is 0 Å². The Morgan fingerprint density at radius 2 is 1.75 bits per heavy atom. The number of fused-ring (bicyclic) bond motifs is 4. The van der Waals surface area contributed by atoms with E-state index >= 15 is 0 Å². The molecule has 1 amide bonds. The van der Waals surface area contributed by atoms with E-state index in [1.165, 1.54) is 24.4 Å². The van der Waals surface area contributed by atoms with Crippen molar-refractivity contribution in [3.8, 4) is 0 Å². The van der Waals surface area contributed by atoms with Crippen LogP contribution in [0.4, 0.5) is 14.6 Å². The summed E-state index contributed by atoms with van der Waals surface area (Å²) >= 11 is 0. The molecule has 0 fully saturated rings. The van der Waals surface area contributed by atoms with Gasteiger partial charge in [-0.1, -0.05) is 18.2 Å². The van der Waals surface area contributed by atoms with Crippen LogP contribution in [0.2, 0.25) is 0 Å². The minimum atomic E-state index is -3.47. The van der Waals surface area contributed by atoms with Crippen LogP contribution in [0.15, 0.2) is 53.7 Å². The number of amidine groups is 1. The molecule has 0 atom stereocenters. The minimum Gasteiger partial charge on any atom is -0.268 e. The van der Waals surface area contributed by atoms with Gasteiger partial charge < -0.3 is 0 Å². The summed E-state index contributed by atoms with van der Waals surface area (Å²) in [6, 6.07) is 11.1. The van der Waals surface area contributed by atoms with Crippen LogP contribution in [-0.2, 0) is 6.17 Å². The van der Waals surface area contributed by atoms with Crippen LogP contribution >= 0.6 is 0 Å². The van der Waals surface area contributed by atoms with Gasteiger partial charge in [0.2, 0.25) is 0 Å². The van der Waals surface area contributed by atoms with E-state index < -0.39 is 12.1 Å². The molecule has 6 heteroatoms. The number of aromatic nitrogens is 1. The lowest BCUT2D eigenvalue weighted by Crippen LogP contribution is -2.64. The van der Waals surface area contributed by atoms with Crippen LogP contribution in [0.1, 0.15) is 15.9 Å². The van der Waals surface area contributed by atoms with Gasteiger partial charge in [-0.25, -0.2) is 0 Å². The molecule has 20 heavy (non-hydrogen) atoms. The van der Waals surface area contributed by atoms with E-state index in [2.05, 4.69) is 4.99 Å². The van der Waals surface area contributed by atoms with Crippen molar-refractivity contribution in [3.05, 3.63) is 59.8 Å². The number of amides is 1. The predicted molar refractivity (Wildman–Crippen MR) is 65.6 cm³/mol. The lowest BCUT2D eigenvalue weighted by Gasteiger charge is -2.25. The van der Waals surface area contributed by atoms with E-state index in [9.17, 15) is 13.6 Å². The molecule has 0 bridgehead atoms.